The van der Waals surface area contributed by atoms with E-state index < -0.39 is 6.03 Å². The number of hydrogen-bond donors (Lipinski definition) is 0. The number of carbonyl (C=O) groups excluding carboxylic acids is 1. The van der Waals surface area contributed by atoms with E-state index in [1.807, 2.05) is 24.3 Å². The van der Waals surface area contributed by atoms with Gasteiger partial charge in [-0.1, -0.05) is 36.2 Å². The molecule has 1 unspecified atom stereocenters. The van der Waals surface area contributed by atoms with Gasteiger partial charge in [-0.25, -0.2) is 4.79 Å². The van der Waals surface area contributed by atoms with Gasteiger partial charge in [-0.2, -0.15) is 9.98 Å². The summed E-state index contributed by atoms with van der Waals surface area (Å²) in [5, 5.41) is 1.92. The topological polar surface area (TPSA) is 54.3 Å². The maximum absolute atomic E-state index is 11.4. The summed E-state index contributed by atoms with van der Waals surface area (Å²) in [5.41, 5.74) is 1.32. The van der Waals surface area contributed by atoms with E-state index in [1.54, 1.807) is 6.07 Å². The van der Waals surface area contributed by atoms with Gasteiger partial charge in [0, 0.05) is 17.6 Å². The highest BCUT2D eigenvalue weighted by atomic mass is 35.5. The summed E-state index contributed by atoms with van der Waals surface area (Å²) in [6, 6.07) is 13.7. The molecular formula is C21H22ClN3O2. The Balaban J connectivity index is 1.38. The van der Waals surface area contributed by atoms with Gasteiger partial charge in [-0.05, 0) is 55.6 Å². The Bertz CT molecular complexity index is 943. The molecule has 5 nitrogen and oxygen atoms in total. The summed E-state index contributed by atoms with van der Waals surface area (Å²) >= 11 is 6.00. The smallest absolute Gasteiger partial charge is 0.368 e. The van der Waals surface area contributed by atoms with Crippen LogP contribution in [0.4, 0.5) is 4.79 Å². The monoisotopic (exact) mass is 383 g/mol. The van der Waals surface area contributed by atoms with Gasteiger partial charge in [0.05, 0.1) is 5.36 Å². The molecule has 0 aromatic heterocycles. The van der Waals surface area contributed by atoms with Gasteiger partial charge >= 0.3 is 6.03 Å². The molecule has 0 N–H and O–H groups in total. The molecule has 2 heterocycles. The lowest BCUT2D eigenvalue weighted by molar-refractivity contribution is 0.122. The fourth-order valence-electron chi connectivity index (χ4n) is 3.80. The predicted octanol–water partition coefficient (Wildman–Crippen LogP) is 3.19. The maximum Gasteiger partial charge on any atom is 0.368 e. The number of rotatable bonds is 6. The molecule has 1 atom stereocenters. The lowest BCUT2D eigenvalue weighted by Gasteiger charge is -2.35. The van der Waals surface area contributed by atoms with E-state index in [0.29, 0.717) is 29.1 Å². The van der Waals surface area contributed by atoms with Crippen molar-refractivity contribution in [2.75, 3.05) is 19.7 Å². The van der Waals surface area contributed by atoms with E-state index in [4.69, 9.17) is 16.3 Å². The lowest BCUT2D eigenvalue weighted by atomic mass is 9.95. The van der Waals surface area contributed by atoms with Crippen LogP contribution in [0.5, 0.6) is 5.75 Å². The van der Waals surface area contributed by atoms with Gasteiger partial charge in [0.2, 0.25) is 0 Å². The molecule has 0 aliphatic carbocycles. The Morgan fingerprint density at radius 2 is 1.96 bits per heavy atom. The maximum atomic E-state index is 11.4. The largest absolute Gasteiger partial charge is 0.490 e. The predicted molar refractivity (Wildman–Crippen MR) is 104 cm³/mol. The minimum atomic E-state index is -0.458. The third-order valence-corrected chi connectivity index (χ3v) is 5.42. The van der Waals surface area contributed by atoms with Crippen LogP contribution in [0.25, 0.3) is 0 Å². The molecule has 6 heteroatoms. The molecule has 140 valence electrons. The second-order valence-corrected chi connectivity index (χ2v) is 7.43. The number of fused-ring (bicyclic) bond motifs is 1. The number of para-hydroxylation sites is 1. The Morgan fingerprint density at radius 1 is 1.11 bits per heavy atom. The highest BCUT2D eigenvalue weighted by Gasteiger charge is 2.22. The minimum Gasteiger partial charge on any atom is -0.490 e. The zero-order valence-electron chi connectivity index (χ0n) is 15.1. The zero-order valence-corrected chi connectivity index (χ0v) is 15.9. The van der Waals surface area contributed by atoms with Crippen molar-refractivity contribution in [3.63, 3.8) is 0 Å². The first-order valence-electron chi connectivity index (χ1n) is 9.41. The van der Waals surface area contributed by atoms with Crippen LogP contribution in [0.2, 0.25) is 5.02 Å². The molecule has 0 radical (unpaired) electrons. The van der Waals surface area contributed by atoms with Crippen molar-refractivity contribution in [2.45, 2.75) is 31.7 Å². The van der Waals surface area contributed by atoms with Gasteiger partial charge in [0.15, 0.2) is 0 Å². The normalized spacial score (nSPS) is 19.3. The summed E-state index contributed by atoms with van der Waals surface area (Å²) in [7, 11) is 0. The number of benzene rings is 2. The molecule has 4 rings (SSSR count). The van der Waals surface area contributed by atoms with Gasteiger partial charge < -0.3 is 4.74 Å². The first-order valence-corrected chi connectivity index (χ1v) is 9.78. The van der Waals surface area contributed by atoms with E-state index in [-0.39, 0.29) is 0 Å². The van der Waals surface area contributed by atoms with Crippen LogP contribution in [0.15, 0.2) is 52.4 Å². The third kappa shape index (κ3) is 4.37. The van der Waals surface area contributed by atoms with Crippen molar-refractivity contribution >= 4 is 17.6 Å². The highest BCUT2D eigenvalue weighted by molar-refractivity contribution is 6.30. The molecular weight excluding hydrogens is 362 g/mol. The quantitative estimate of drug-likeness (QED) is 0.769. The molecule has 27 heavy (non-hydrogen) atoms. The molecule has 2 amide bonds. The summed E-state index contributed by atoms with van der Waals surface area (Å²) in [6.07, 6.45) is 4.72. The molecule has 0 spiro atoms. The number of nitrogens with zero attached hydrogens (tertiary/aromatic N) is 3. The van der Waals surface area contributed by atoms with Crippen molar-refractivity contribution in [3.05, 3.63) is 63.8 Å². The summed E-state index contributed by atoms with van der Waals surface area (Å²) in [5.74, 6) is 0.633. The van der Waals surface area contributed by atoms with E-state index in [2.05, 4.69) is 27.0 Å². The van der Waals surface area contributed by atoms with Crippen LogP contribution in [0.1, 0.15) is 24.8 Å². The Morgan fingerprint density at radius 3 is 2.81 bits per heavy atom. The number of ether oxygens (including phenoxy) is 1. The van der Waals surface area contributed by atoms with Crippen molar-refractivity contribution < 1.29 is 9.53 Å². The SMILES string of the molecule is O=C1N=c2cccc(OCCN3CCCCC3Cc3ccc(Cl)cc3)c2=N1. The summed E-state index contributed by atoms with van der Waals surface area (Å²) in [4.78, 5) is 21.7. The number of hydrogen-bond acceptors (Lipinski definition) is 3. The van der Waals surface area contributed by atoms with Gasteiger partial charge in [0.25, 0.3) is 0 Å². The number of likely N-dealkylation sites (tertiary alicyclic amines) is 1. The van der Waals surface area contributed by atoms with E-state index in [9.17, 15) is 4.79 Å². The van der Waals surface area contributed by atoms with Crippen LogP contribution in [0.3, 0.4) is 0 Å². The number of carbonyl (C=O) groups is 1. The highest BCUT2D eigenvalue weighted by Crippen LogP contribution is 2.21. The molecule has 1 saturated heterocycles. The van der Waals surface area contributed by atoms with Crippen LogP contribution in [0, 0.1) is 0 Å². The molecule has 0 bridgehead atoms. The number of urea groups is 1. The van der Waals surface area contributed by atoms with Crippen LogP contribution in [-0.2, 0) is 6.42 Å². The first-order chi connectivity index (χ1) is 13.2. The summed E-state index contributed by atoms with van der Waals surface area (Å²) < 4.78 is 5.95. The van der Waals surface area contributed by atoms with Gasteiger partial charge in [-0.15, -0.1) is 0 Å². The number of amides is 2. The minimum absolute atomic E-state index is 0.458. The van der Waals surface area contributed by atoms with Crippen molar-refractivity contribution in [1.29, 1.82) is 0 Å². The Labute approximate surface area is 163 Å². The average molecular weight is 384 g/mol. The van der Waals surface area contributed by atoms with Gasteiger partial charge in [0.1, 0.15) is 17.7 Å². The van der Waals surface area contributed by atoms with Crippen molar-refractivity contribution in [2.24, 2.45) is 9.98 Å². The fraction of sp³-hybridized carbons (Fsp3) is 0.381. The molecule has 2 aliphatic rings. The molecule has 0 saturated carbocycles. The van der Waals surface area contributed by atoms with Crippen LogP contribution in [-0.4, -0.2) is 36.7 Å². The second kappa shape index (κ2) is 8.19. The van der Waals surface area contributed by atoms with E-state index >= 15 is 0 Å². The molecule has 2 aliphatic heterocycles. The molecule has 2 aromatic carbocycles. The Hall–Kier alpha value is -2.24. The first kappa shape index (κ1) is 18.1. The Kier molecular flexibility index (Phi) is 5.50. The molecule has 1 fully saturated rings. The fourth-order valence-corrected chi connectivity index (χ4v) is 3.93. The zero-order chi connectivity index (χ0) is 18.6. The lowest BCUT2D eigenvalue weighted by Crippen LogP contribution is -2.43. The van der Waals surface area contributed by atoms with Crippen LogP contribution >= 0.6 is 11.6 Å². The van der Waals surface area contributed by atoms with Gasteiger partial charge in [-0.3, -0.25) is 4.90 Å². The van der Waals surface area contributed by atoms with Crippen LogP contribution < -0.4 is 15.5 Å². The van der Waals surface area contributed by atoms with Crippen molar-refractivity contribution in [1.82, 2.24) is 4.90 Å². The number of halogens is 1. The van der Waals surface area contributed by atoms with E-state index in [0.717, 1.165) is 24.5 Å². The standard InChI is InChI=1S/C21H22ClN3O2/c22-16-9-7-15(8-10-16)14-17-4-1-2-11-25(17)12-13-27-19-6-3-5-18-20(19)24-21(26)23-18/h3,5-10,17H,1-2,4,11-14H2. The molecule has 2 aromatic rings. The van der Waals surface area contributed by atoms with Crippen molar-refractivity contribution in [3.8, 4) is 5.75 Å². The average Bonchev–Trinajstić information content (AvgIpc) is 3.06. The van der Waals surface area contributed by atoms with E-state index in [1.165, 1.54) is 24.8 Å². The number of piperidine rings is 1. The second-order valence-electron chi connectivity index (χ2n) is 6.99. The summed E-state index contributed by atoms with van der Waals surface area (Å²) in [6.45, 7) is 2.51. The third-order valence-electron chi connectivity index (χ3n) is 5.17.